The second-order valence-electron chi connectivity index (χ2n) is 11.1. The number of thiocarbonyl (C=S) groups is 2. The molecule has 5 aromatic rings. The SMILES string of the molecule is Cc1ccc(NC(=O)NS(=O)(=O)c2cccc(NC(=S)Nc3ccccc3)c2)cc1NC(=O)NS(=O)(=O)c1cccc(NC(=S)Nc2ccccc2)c1. The zero-order valence-electron chi connectivity index (χ0n) is 27.7. The molecule has 0 aliphatic rings. The van der Waals surface area contributed by atoms with Crippen LogP contribution in [0.15, 0.2) is 137 Å². The summed E-state index contributed by atoms with van der Waals surface area (Å²) in [6.07, 6.45) is 0. The van der Waals surface area contributed by atoms with Gasteiger partial charge in [0, 0.05) is 34.1 Å². The van der Waals surface area contributed by atoms with Crippen LogP contribution in [0.25, 0.3) is 0 Å². The van der Waals surface area contributed by atoms with Crippen molar-refractivity contribution in [2.75, 3.05) is 31.9 Å². The number of hydrogen-bond acceptors (Lipinski definition) is 8. The zero-order chi connectivity index (χ0) is 38.0. The van der Waals surface area contributed by atoms with E-state index in [1.165, 1.54) is 54.6 Å². The minimum absolute atomic E-state index is 0.105. The van der Waals surface area contributed by atoms with E-state index in [2.05, 4.69) is 31.9 Å². The quantitative estimate of drug-likeness (QED) is 0.0704. The normalized spacial score (nSPS) is 11.0. The predicted octanol–water partition coefficient (Wildman–Crippen LogP) is 6.63. The van der Waals surface area contributed by atoms with Crippen molar-refractivity contribution >= 4 is 101 Å². The van der Waals surface area contributed by atoms with Crippen molar-refractivity contribution in [3.63, 3.8) is 0 Å². The number of aryl methyl sites for hydroxylation is 1. The first-order valence-corrected chi connectivity index (χ1v) is 19.3. The Bertz CT molecular complexity index is 2380. The van der Waals surface area contributed by atoms with Crippen LogP contribution in [-0.2, 0) is 20.0 Å². The Morgan fingerprint density at radius 3 is 1.32 bits per heavy atom. The van der Waals surface area contributed by atoms with Crippen molar-refractivity contribution in [3.05, 3.63) is 133 Å². The van der Waals surface area contributed by atoms with Crippen molar-refractivity contribution < 1.29 is 26.4 Å². The lowest BCUT2D eigenvalue weighted by molar-refractivity contribution is 0.255. The highest BCUT2D eigenvalue weighted by Crippen LogP contribution is 2.22. The van der Waals surface area contributed by atoms with Gasteiger partial charge in [0.1, 0.15) is 0 Å². The maximum atomic E-state index is 13.1. The van der Waals surface area contributed by atoms with Gasteiger partial charge >= 0.3 is 12.1 Å². The number of rotatable bonds is 10. The molecule has 0 unspecified atom stereocenters. The Hall–Kier alpha value is -6.08. The molecule has 0 radical (unpaired) electrons. The molecule has 0 bridgehead atoms. The van der Waals surface area contributed by atoms with Crippen LogP contribution >= 0.6 is 24.4 Å². The van der Waals surface area contributed by atoms with Gasteiger partial charge in [-0.25, -0.2) is 35.9 Å². The molecule has 14 nitrogen and oxygen atoms in total. The lowest BCUT2D eigenvalue weighted by atomic mass is 10.2. The van der Waals surface area contributed by atoms with E-state index >= 15 is 0 Å². The zero-order valence-corrected chi connectivity index (χ0v) is 31.0. The molecule has 0 atom stereocenters. The fraction of sp³-hybridized carbons (Fsp3) is 0.0286. The molecule has 0 saturated carbocycles. The number of carbonyl (C=O) groups is 2. The Kier molecular flexibility index (Phi) is 12.2. The predicted molar refractivity (Wildman–Crippen MR) is 215 cm³/mol. The summed E-state index contributed by atoms with van der Waals surface area (Å²) < 4.78 is 56.1. The number of urea groups is 2. The van der Waals surface area contributed by atoms with E-state index in [9.17, 15) is 26.4 Å². The molecule has 4 amide bonds. The summed E-state index contributed by atoms with van der Waals surface area (Å²) in [6, 6.07) is 31.9. The van der Waals surface area contributed by atoms with E-state index in [4.69, 9.17) is 24.4 Å². The van der Waals surface area contributed by atoms with Crippen molar-refractivity contribution in [3.8, 4) is 0 Å². The fourth-order valence-electron chi connectivity index (χ4n) is 4.61. The van der Waals surface area contributed by atoms with Crippen LogP contribution in [0.4, 0.5) is 43.7 Å². The van der Waals surface area contributed by atoms with Gasteiger partial charge in [0.25, 0.3) is 20.0 Å². The summed E-state index contributed by atoms with van der Waals surface area (Å²) in [4.78, 5) is 25.2. The highest BCUT2D eigenvalue weighted by molar-refractivity contribution is 7.90. The number of hydrogen-bond donors (Lipinski definition) is 8. The Balaban J connectivity index is 1.17. The largest absolute Gasteiger partial charge is 0.333 e. The molecule has 18 heteroatoms. The summed E-state index contributed by atoms with van der Waals surface area (Å²) in [5.41, 5.74) is 2.96. The third-order valence-electron chi connectivity index (χ3n) is 7.07. The number of carbonyl (C=O) groups excluding carboxylic acids is 2. The third kappa shape index (κ3) is 11.2. The first-order chi connectivity index (χ1) is 25.3. The Labute approximate surface area is 316 Å². The Morgan fingerprint density at radius 1 is 0.453 bits per heavy atom. The number of nitrogens with one attached hydrogen (secondary N) is 8. The molecule has 5 rings (SSSR count). The molecule has 0 aromatic heterocycles. The number of sulfonamides is 2. The smallest absolute Gasteiger partial charge is 0.332 e. The van der Waals surface area contributed by atoms with E-state index in [0.29, 0.717) is 16.9 Å². The lowest BCUT2D eigenvalue weighted by Crippen LogP contribution is -2.35. The van der Waals surface area contributed by atoms with E-state index in [1.54, 1.807) is 19.1 Å². The van der Waals surface area contributed by atoms with Gasteiger partial charge < -0.3 is 31.9 Å². The number of para-hydroxylation sites is 2. The lowest BCUT2D eigenvalue weighted by Gasteiger charge is -2.14. The maximum Gasteiger partial charge on any atom is 0.333 e. The number of benzene rings is 5. The molecular formula is C35H32N8O6S4. The second-order valence-corrected chi connectivity index (χ2v) is 15.3. The van der Waals surface area contributed by atoms with Crippen LogP contribution in [0.5, 0.6) is 0 Å². The van der Waals surface area contributed by atoms with E-state index in [1.807, 2.05) is 70.1 Å². The second kappa shape index (κ2) is 17.0. The van der Waals surface area contributed by atoms with Crippen LogP contribution in [0.3, 0.4) is 0 Å². The van der Waals surface area contributed by atoms with Gasteiger partial charge in [0.15, 0.2) is 10.2 Å². The monoisotopic (exact) mass is 788 g/mol. The van der Waals surface area contributed by atoms with Crippen LogP contribution < -0.4 is 41.3 Å². The maximum absolute atomic E-state index is 13.1. The van der Waals surface area contributed by atoms with Gasteiger partial charge in [-0.05, 0) is 110 Å². The van der Waals surface area contributed by atoms with Crippen molar-refractivity contribution in [2.45, 2.75) is 16.7 Å². The molecule has 0 heterocycles. The summed E-state index contributed by atoms with van der Waals surface area (Å²) in [6.45, 7) is 1.64. The molecule has 0 saturated heterocycles. The van der Waals surface area contributed by atoms with Gasteiger partial charge in [-0.15, -0.1) is 0 Å². The molecular weight excluding hydrogens is 757 g/mol. The summed E-state index contributed by atoms with van der Waals surface area (Å²) in [7, 11) is -8.67. The van der Waals surface area contributed by atoms with Crippen LogP contribution in [-0.4, -0.2) is 39.1 Å². The third-order valence-corrected chi connectivity index (χ3v) is 10.1. The van der Waals surface area contributed by atoms with Crippen molar-refractivity contribution in [2.24, 2.45) is 0 Å². The van der Waals surface area contributed by atoms with E-state index in [-0.39, 0.29) is 31.4 Å². The highest BCUT2D eigenvalue weighted by Gasteiger charge is 2.21. The summed E-state index contributed by atoms with van der Waals surface area (Å²) in [5.74, 6) is 0. The molecule has 53 heavy (non-hydrogen) atoms. The van der Waals surface area contributed by atoms with Crippen molar-refractivity contribution in [1.82, 2.24) is 9.44 Å². The van der Waals surface area contributed by atoms with Crippen LogP contribution in [0.2, 0.25) is 0 Å². The molecule has 0 fully saturated rings. The van der Waals surface area contributed by atoms with Gasteiger partial charge in [-0.2, -0.15) is 0 Å². The minimum Gasteiger partial charge on any atom is -0.332 e. The molecule has 5 aromatic carbocycles. The van der Waals surface area contributed by atoms with E-state index < -0.39 is 32.1 Å². The molecule has 272 valence electrons. The van der Waals surface area contributed by atoms with Gasteiger partial charge in [-0.1, -0.05) is 54.6 Å². The summed E-state index contributed by atoms with van der Waals surface area (Å²) in [5, 5.41) is 17.1. The summed E-state index contributed by atoms with van der Waals surface area (Å²) >= 11 is 10.6. The fourth-order valence-corrected chi connectivity index (χ4v) is 6.99. The van der Waals surface area contributed by atoms with Crippen LogP contribution in [0.1, 0.15) is 5.56 Å². The minimum atomic E-state index is -4.34. The molecule has 0 aliphatic heterocycles. The molecule has 0 spiro atoms. The number of anilines is 6. The average molecular weight is 789 g/mol. The topological polar surface area (TPSA) is 199 Å². The molecule has 0 aliphatic carbocycles. The highest BCUT2D eigenvalue weighted by atomic mass is 32.2. The standard InChI is InChI=1S/C35H32N8O6S4/c1-23-18-19-28(36-32(44)42-52(46,47)29-16-8-14-26(20-29)39-34(50)37-24-10-4-2-5-11-24)22-31(23)41-33(45)43-53(48,49)30-17-9-15-27(21-30)40-35(51)38-25-12-6-3-7-13-25/h2-22H,1H3,(H2,36,42,44)(H2,37,39,50)(H2,38,40,51)(H2,41,43,45). The Morgan fingerprint density at radius 2 is 0.849 bits per heavy atom. The van der Waals surface area contributed by atoms with Crippen LogP contribution in [0, 0.1) is 6.92 Å². The molecule has 8 N–H and O–H groups in total. The number of amides is 4. The first kappa shape index (κ1) is 38.2. The van der Waals surface area contributed by atoms with Gasteiger partial charge in [0.05, 0.1) is 9.79 Å². The van der Waals surface area contributed by atoms with Crippen molar-refractivity contribution in [1.29, 1.82) is 0 Å². The van der Waals surface area contributed by atoms with Gasteiger partial charge in [-0.3, -0.25) is 0 Å². The van der Waals surface area contributed by atoms with E-state index in [0.717, 1.165) is 11.4 Å². The first-order valence-electron chi connectivity index (χ1n) is 15.5. The average Bonchev–Trinajstić information content (AvgIpc) is 3.10. The van der Waals surface area contributed by atoms with Gasteiger partial charge in [0.2, 0.25) is 0 Å².